The van der Waals surface area contributed by atoms with Crippen LogP contribution in [0.15, 0.2) is 12.3 Å². The lowest BCUT2D eigenvalue weighted by Gasteiger charge is -1.99. The molecule has 0 saturated heterocycles. The van der Waals surface area contributed by atoms with Gasteiger partial charge < -0.3 is 4.74 Å². The molecule has 0 saturated carbocycles. The first-order valence-corrected chi connectivity index (χ1v) is 4.35. The molecule has 0 spiro atoms. The van der Waals surface area contributed by atoms with Crippen molar-refractivity contribution in [2.24, 2.45) is 0 Å². The standard InChI is InChI=1S/C9H14N2O2/c1-3-8-4-6-11(10-8)7-5-9(12)13-2/h4,6H,3,5,7H2,1-2H3. The Morgan fingerprint density at radius 1 is 1.69 bits per heavy atom. The number of aryl methyl sites for hydroxylation is 2. The lowest BCUT2D eigenvalue weighted by molar-refractivity contribution is -0.140. The highest BCUT2D eigenvalue weighted by molar-refractivity contribution is 5.68. The molecule has 0 amide bonds. The molecule has 0 aliphatic heterocycles. The summed E-state index contributed by atoms with van der Waals surface area (Å²) in [7, 11) is 1.39. The normalized spacial score (nSPS) is 10.0. The number of esters is 1. The number of carbonyl (C=O) groups is 1. The van der Waals surface area contributed by atoms with Gasteiger partial charge in [-0.15, -0.1) is 0 Å². The SMILES string of the molecule is CCc1ccn(CCC(=O)OC)n1. The highest BCUT2D eigenvalue weighted by Crippen LogP contribution is 1.97. The molecule has 0 fully saturated rings. The van der Waals surface area contributed by atoms with Crippen LogP contribution in [0, 0.1) is 0 Å². The molecule has 0 unspecified atom stereocenters. The summed E-state index contributed by atoms with van der Waals surface area (Å²) in [5.41, 5.74) is 1.05. The molecule has 13 heavy (non-hydrogen) atoms. The van der Waals surface area contributed by atoms with Crippen molar-refractivity contribution in [1.29, 1.82) is 0 Å². The van der Waals surface area contributed by atoms with Gasteiger partial charge in [-0.3, -0.25) is 9.48 Å². The maximum atomic E-state index is 10.8. The van der Waals surface area contributed by atoms with Gasteiger partial charge in [-0.1, -0.05) is 6.92 Å². The fourth-order valence-electron chi connectivity index (χ4n) is 1.02. The summed E-state index contributed by atoms with van der Waals surface area (Å²) in [5, 5.41) is 4.24. The van der Waals surface area contributed by atoms with E-state index >= 15 is 0 Å². The Morgan fingerprint density at radius 2 is 2.46 bits per heavy atom. The summed E-state index contributed by atoms with van der Waals surface area (Å²) in [6.45, 7) is 2.64. The number of nitrogens with zero attached hydrogens (tertiary/aromatic N) is 2. The van der Waals surface area contributed by atoms with Crippen LogP contribution in [0.1, 0.15) is 19.0 Å². The van der Waals surface area contributed by atoms with Gasteiger partial charge in [0.25, 0.3) is 0 Å². The lowest BCUT2D eigenvalue weighted by Crippen LogP contribution is -2.07. The summed E-state index contributed by atoms with van der Waals surface area (Å²) in [6, 6.07) is 1.96. The predicted molar refractivity (Wildman–Crippen MR) is 48.2 cm³/mol. The topological polar surface area (TPSA) is 44.1 Å². The minimum atomic E-state index is -0.200. The van der Waals surface area contributed by atoms with E-state index in [0.717, 1.165) is 12.1 Å². The highest BCUT2D eigenvalue weighted by Gasteiger charge is 2.01. The van der Waals surface area contributed by atoms with E-state index in [4.69, 9.17) is 0 Å². The Balaban J connectivity index is 2.41. The molecule has 1 heterocycles. The van der Waals surface area contributed by atoms with Gasteiger partial charge in [-0.05, 0) is 12.5 Å². The molecule has 1 rings (SSSR count). The fraction of sp³-hybridized carbons (Fsp3) is 0.556. The summed E-state index contributed by atoms with van der Waals surface area (Å²) in [4.78, 5) is 10.8. The molecular weight excluding hydrogens is 168 g/mol. The number of methoxy groups -OCH3 is 1. The van der Waals surface area contributed by atoms with Crippen LogP contribution >= 0.6 is 0 Å². The Kier molecular flexibility index (Phi) is 3.49. The molecule has 0 aliphatic rings. The quantitative estimate of drug-likeness (QED) is 0.653. The lowest BCUT2D eigenvalue weighted by atomic mass is 10.4. The van der Waals surface area contributed by atoms with Gasteiger partial charge in [0, 0.05) is 6.20 Å². The van der Waals surface area contributed by atoms with E-state index in [0.29, 0.717) is 13.0 Å². The van der Waals surface area contributed by atoms with Crippen LogP contribution in [0.4, 0.5) is 0 Å². The van der Waals surface area contributed by atoms with E-state index in [1.165, 1.54) is 7.11 Å². The van der Waals surface area contributed by atoms with E-state index in [9.17, 15) is 4.79 Å². The Hall–Kier alpha value is -1.32. The van der Waals surface area contributed by atoms with Gasteiger partial charge in [-0.2, -0.15) is 5.10 Å². The summed E-state index contributed by atoms with van der Waals surface area (Å²) in [5.74, 6) is -0.200. The van der Waals surface area contributed by atoms with Gasteiger partial charge in [-0.25, -0.2) is 0 Å². The van der Waals surface area contributed by atoms with Gasteiger partial charge in [0.15, 0.2) is 0 Å². The van der Waals surface area contributed by atoms with Crippen LogP contribution in [-0.4, -0.2) is 22.9 Å². The van der Waals surface area contributed by atoms with E-state index < -0.39 is 0 Å². The zero-order valence-corrected chi connectivity index (χ0v) is 7.99. The number of carbonyl (C=O) groups excluding carboxylic acids is 1. The zero-order valence-electron chi connectivity index (χ0n) is 7.99. The Bertz CT molecular complexity index is 281. The van der Waals surface area contributed by atoms with Crippen LogP contribution in [0.3, 0.4) is 0 Å². The van der Waals surface area contributed by atoms with Crippen molar-refractivity contribution < 1.29 is 9.53 Å². The molecule has 0 aromatic carbocycles. The smallest absolute Gasteiger partial charge is 0.307 e. The van der Waals surface area contributed by atoms with Gasteiger partial charge >= 0.3 is 5.97 Å². The van der Waals surface area contributed by atoms with E-state index in [2.05, 4.69) is 9.84 Å². The second-order valence-corrected chi connectivity index (χ2v) is 2.75. The number of hydrogen-bond acceptors (Lipinski definition) is 3. The summed E-state index contributed by atoms with van der Waals surface area (Å²) < 4.78 is 6.28. The molecule has 0 N–H and O–H groups in total. The molecule has 4 heteroatoms. The molecule has 0 bridgehead atoms. The number of hydrogen-bond donors (Lipinski definition) is 0. The zero-order chi connectivity index (χ0) is 9.68. The molecule has 1 aromatic rings. The predicted octanol–water partition coefficient (Wildman–Crippen LogP) is 1.01. The van der Waals surface area contributed by atoms with Crippen LogP contribution < -0.4 is 0 Å². The van der Waals surface area contributed by atoms with Crippen LogP contribution in [0.2, 0.25) is 0 Å². The van der Waals surface area contributed by atoms with E-state index in [-0.39, 0.29) is 5.97 Å². The molecule has 1 aromatic heterocycles. The fourth-order valence-corrected chi connectivity index (χ4v) is 1.02. The number of ether oxygens (including phenoxy) is 1. The maximum absolute atomic E-state index is 10.8. The number of rotatable bonds is 4. The maximum Gasteiger partial charge on any atom is 0.307 e. The minimum absolute atomic E-state index is 0.200. The second-order valence-electron chi connectivity index (χ2n) is 2.75. The largest absolute Gasteiger partial charge is 0.469 e. The molecule has 0 radical (unpaired) electrons. The van der Waals surface area contributed by atoms with Crippen molar-refractivity contribution in [1.82, 2.24) is 9.78 Å². The first-order chi connectivity index (χ1) is 6.26. The Morgan fingerprint density at radius 3 is 3.00 bits per heavy atom. The molecule has 0 atom stereocenters. The van der Waals surface area contributed by atoms with Crippen LogP contribution in [0.5, 0.6) is 0 Å². The average molecular weight is 182 g/mol. The van der Waals surface area contributed by atoms with E-state index in [1.807, 2.05) is 19.2 Å². The monoisotopic (exact) mass is 182 g/mol. The van der Waals surface area contributed by atoms with Gasteiger partial charge in [0.1, 0.15) is 0 Å². The second kappa shape index (κ2) is 4.64. The summed E-state index contributed by atoms with van der Waals surface area (Å²) in [6.07, 6.45) is 3.17. The highest BCUT2D eigenvalue weighted by atomic mass is 16.5. The first kappa shape index (κ1) is 9.77. The first-order valence-electron chi connectivity index (χ1n) is 4.35. The minimum Gasteiger partial charge on any atom is -0.469 e. The van der Waals surface area contributed by atoms with Crippen molar-refractivity contribution in [3.8, 4) is 0 Å². The van der Waals surface area contributed by atoms with E-state index in [1.54, 1.807) is 4.68 Å². The average Bonchev–Trinajstić information content (AvgIpc) is 2.61. The van der Waals surface area contributed by atoms with Gasteiger partial charge in [0.05, 0.1) is 25.8 Å². The molecular formula is C9H14N2O2. The molecule has 72 valence electrons. The van der Waals surface area contributed by atoms with Crippen molar-refractivity contribution in [2.75, 3.05) is 7.11 Å². The third-order valence-corrected chi connectivity index (χ3v) is 1.83. The molecule has 4 nitrogen and oxygen atoms in total. The summed E-state index contributed by atoms with van der Waals surface area (Å²) >= 11 is 0. The third-order valence-electron chi connectivity index (χ3n) is 1.83. The van der Waals surface area contributed by atoms with Crippen LogP contribution in [0.25, 0.3) is 0 Å². The number of aromatic nitrogens is 2. The van der Waals surface area contributed by atoms with Gasteiger partial charge in [0.2, 0.25) is 0 Å². The Labute approximate surface area is 77.5 Å². The van der Waals surface area contributed by atoms with Crippen molar-refractivity contribution in [2.45, 2.75) is 26.3 Å². The molecule has 0 aliphatic carbocycles. The van der Waals surface area contributed by atoms with Crippen molar-refractivity contribution >= 4 is 5.97 Å². The van der Waals surface area contributed by atoms with Crippen molar-refractivity contribution in [3.05, 3.63) is 18.0 Å². The van der Waals surface area contributed by atoms with Crippen LogP contribution in [-0.2, 0) is 22.5 Å². The third kappa shape index (κ3) is 2.89. The van der Waals surface area contributed by atoms with Crippen molar-refractivity contribution in [3.63, 3.8) is 0 Å².